The first-order valence-electron chi connectivity index (χ1n) is 5.78. The van der Waals surface area contributed by atoms with Gasteiger partial charge in [0.25, 0.3) is 0 Å². The minimum Gasteiger partial charge on any atom is -0.356 e. The van der Waals surface area contributed by atoms with Crippen LogP contribution in [0, 0.1) is 0 Å². The molecule has 0 spiro atoms. The second kappa shape index (κ2) is 7.22. The van der Waals surface area contributed by atoms with Gasteiger partial charge < -0.3 is 16.4 Å². The molecule has 2 amide bonds. The number of hydrogen-bond acceptors (Lipinski definition) is 3. The summed E-state index contributed by atoms with van der Waals surface area (Å²) in [7, 11) is 0. The van der Waals surface area contributed by atoms with Gasteiger partial charge in [-0.25, -0.2) is 0 Å². The van der Waals surface area contributed by atoms with Crippen LogP contribution < -0.4 is 16.4 Å². The van der Waals surface area contributed by atoms with Gasteiger partial charge in [-0.3, -0.25) is 9.59 Å². The van der Waals surface area contributed by atoms with E-state index in [0.29, 0.717) is 25.9 Å². The smallest absolute Gasteiger partial charge is 0.239 e. The number of nitrogens with one attached hydrogen (secondary N) is 2. The lowest BCUT2D eigenvalue weighted by Crippen LogP contribution is -2.52. The first kappa shape index (κ1) is 14.9. The van der Waals surface area contributed by atoms with Crippen LogP contribution >= 0.6 is 0 Å². The van der Waals surface area contributed by atoms with Crippen LogP contribution in [0.2, 0.25) is 0 Å². The highest BCUT2D eigenvalue weighted by Gasteiger charge is 2.26. The standard InChI is InChI=1S/C11H23N3O2/c1-4-7-11(3,12)10(16)14-8-6-9(15)13-5-2/h4-8,12H2,1-3H3,(H,13,15)(H,14,16). The Morgan fingerprint density at radius 3 is 2.38 bits per heavy atom. The van der Waals surface area contributed by atoms with Gasteiger partial charge in [-0.05, 0) is 20.3 Å². The second-order valence-electron chi connectivity index (χ2n) is 4.13. The summed E-state index contributed by atoms with van der Waals surface area (Å²) in [5.41, 5.74) is 5.00. The quantitative estimate of drug-likeness (QED) is 0.581. The van der Waals surface area contributed by atoms with Crippen molar-refractivity contribution in [2.24, 2.45) is 5.73 Å². The first-order chi connectivity index (χ1) is 7.44. The summed E-state index contributed by atoms with van der Waals surface area (Å²) in [5.74, 6) is -0.254. The summed E-state index contributed by atoms with van der Waals surface area (Å²) in [5, 5.41) is 5.33. The third kappa shape index (κ3) is 5.70. The Bertz CT molecular complexity index is 239. The number of hydrogen-bond donors (Lipinski definition) is 3. The van der Waals surface area contributed by atoms with Crippen LogP contribution in [0.5, 0.6) is 0 Å². The third-order valence-corrected chi connectivity index (χ3v) is 2.30. The summed E-state index contributed by atoms with van der Waals surface area (Å²) in [6, 6.07) is 0. The molecule has 5 heteroatoms. The van der Waals surface area contributed by atoms with E-state index >= 15 is 0 Å². The highest BCUT2D eigenvalue weighted by atomic mass is 16.2. The van der Waals surface area contributed by atoms with Gasteiger partial charge in [-0.2, -0.15) is 0 Å². The molecular formula is C11H23N3O2. The van der Waals surface area contributed by atoms with E-state index in [1.165, 1.54) is 0 Å². The van der Waals surface area contributed by atoms with Crippen molar-refractivity contribution >= 4 is 11.8 Å². The van der Waals surface area contributed by atoms with Gasteiger partial charge in [0.15, 0.2) is 0 Å². The molecule has 0 saturated carbocycles. The molecule has 0 aliphatic rings. The molecule has 16 heavy (non-hydrogen) atoms. The first-order valence-corrected chi connectivity index (χ1v) is 5.78. The van der Waals surface area contributed by atoms with E-state index in [2.05, 4.69) is 10.6 Å². The molecule has 0 bridgehead atoms. The number of amides is 2. The van der Waals surface area contributed by atoms with Gasteiger partial charge >= 0.3 is 0 Å². The van der Waals surface area contributed by atoms with Crippen LogP contribution in [0.1, 0.15) is 40.0 Å². The van der Waals surface area contributed by atoms with Crippen LogP contribution in [-0.2, 0) is 9.59 Å². The van der Waals surface area contributed by atoms with Crippen molar-refractivity contribution in [2.45, 2.75) is 45.6 Å². The Morgan fingerprint density at radius 2 is 1.88 bits per heavy atom. The topological polar surface area (TPSA) is 84.2 Å². The van der Waals surface area contributed by atoms with Crippen LogP contribution in [-0.4, -0.2) is 30.4 Å². The fourth-order valence-corrected chi connectivity index (χ4v) is 1.41. The van der Waals surface area contributed by atoms with E-state index in [1.807, 2.05) is 13.8 Å². The Morgan fingerprint density at radius 1 is 1.25 bits per heavy atom. The van der Waals surface area contributed by atoms with Gasteiger partial charge in [0.05, 0.1) is 5.54 Å². The summed E-state index contributed by atoms with van der Waals surface area (Å²) in [6.45, 7) is 6.48. The molecule has 0 aliphatic carbocycles. The number of carbonyl (C=O) groups is 2. The van der Waals surface area contributed by atoms with Crippen molar-refractivity contribution in [1.29, 1.82) is 0 Å². The molecular weight excluding hydrogens is 206 g/mol. The molecule has 4 N–H and O–H groups in total. The SMILES string of the molecule is CCCC(C)(N)C(=O)NCCC(=O)NCC. The molecule has 1 unspecified atom stereocenters. The molecule has 0 heterocycles. The van der Waals surface area contributed by atoms with E-state index in [0.717, 1.165) is 6.42 Å². The highest BCUT2D eigenvalue weighted by molar-refractivity contribution is 5.86. The van der Waals surface area contributed by atoms with E-state index < -0.39 is 5.54 Å². The van der Waals surface area contributed by atoms with E-state index in [9.17, 15) is 9.59 Å². The normalized spacial score (nSPS) is 14.0. The van der Waals surface area contributed by atoms with Gasteiger partial charge in [0, 0.05) is 19.5 Å². The number of nitrogens with two attached hydrogens (primary N) is 1. The van der Waals surface area contributed by atoms with E-state index in [4.69, 9.17) is 5.73 Å². The fourth-order valence-electron chi connectivity index (χ4n) is 1.41. The summed E-state index contributed by atoms with van der Waals surface area (Å²) < 4.78 is 0. The fraction of sp³-hybridized carbons (Fsp3) is 0.818. The van der Waals surface area contributed by atoms with Crippen LogP contribution in [0.15, 0.2) is 0 Å². The largest absolute Gasteiger partial charge is 0.356 e. The third-order valence-electron chi connectivity index (χ3n) is 2.30. The van der Waals surface area contributed by atoms with Gasteiger partial charge in [0.1, 0.15) is 0 Å². The van der Waals surface area contributed by atoms with Crippen LogP contribution in [0.4, 0.5) is 0 Å². The van der Waals surface area contributed by atoms with Crippen LogP contribution in [0.25, 0.3) is 0 Å². The predicted octanol–water partition coefficient (Wildman–Crippen LogP) is 0.146. The molecule has 0 fully saturated rings. The van der Waals surface area contributed by atoms with Crippen molar-refractivity contribution < 1.29 is 9.59 Å². The van der Waals surface area contributed by atoms with Crippen molar-refractivity contribution in [2.75, 3.05) is 13.1 Å². The molecule has 0 aromatic heterocycles. The maximum absolute atomic E-state index is 11.6. The van der Waals surface area contributed by atoms with Gasteiger partial charge in [0.2, 0.25) is 11.8 Å². The molecule has 5 nitrogen and oxygen atoms in total. The molecule has 94 valence electrons. The molecule has 0 rings (SSSR count). The minimum atomic E-state index is -0.837. The monoisotopic (exact) mass is 229 g/mol. The lowest BCUT2D eigenvalue weighted by atomic mass is 9.96. The average Bonchev–Trinajstić information content (AvgIpc) is 2.17. The van der Waals surface area contributed by atoms with E-state index in [-0.39, 0.29) is 11.8 Å². The van der Waals surface area contributed by atoms with Crippen LogP contribution in [0.3, 0.4) is 0 Å². The lowest BCUT2D eigenvalue weighted by Gasteiger charge is -2.22. The van der Waals surface area contributed by atoms with Crippen molar-refractivity contribution in [3.8, 4) is 0 Å². The zero-order valence-electron chi connectivity index (χ0n) is 10.4. The number of rotatable bonds is 7. The summed E-state index contributed by atoms with van der Waals surface area (Å²) in [4.78, 5) is 22.7. The van der Waals surface area contributed by atoms with Gasteiger partial charge in [-0.15, -0.1) is 0 Å². The summed E-state index contributed by atoms with van der Waals surface area (Å²) >= 11 is 0. The molecule has 0 radical (unpaired) electrons. The van der Waals surface area contributed by atoms with Gasteiger partial charge in [-0.1, -0.05) is 13.3 Å². The van der Waals surface area contributed by atoms with Crippen molar-refractivity contribution in [3.63, 3.8) is 0 Å². The Balaban J connectivity index is 3.85. The Labute approximate surface area is 97.2 Å². The molecule has 0 aromatic rings. The summed E-state index contributed by atoms with van der Waals surface area (Å²) in [6.07, 6.45) is 1.79. The average molecular weight is 229 g/mol. The molecule has 0 aromatic carbocycles. The zero-order chi connectivity index (χ0) is 12.6. The maximum Gasteiger partial charge on any atom is 0.239 e. The van der Waals surface area contributed by atoms with Crippen molar-refractivity contribution in [1.82, 2.24) is 10.6 Å². The lowest BCUT2D eigenvalue weighted by molar-refractivity contribution is -0.126. The second-order valence-corrected chi connectivity index (χ2v) is 4.13. The molecule has 1 atom stereocenters. The minimum absolute atomic E-state index is 0.0583. The molecule has 0 saturated heterocycles. The molecule has 0 aliphatic heterocycles. The highest BCUT2D eigenvalue weighted by Crippen LogP contribution is 2.07. The number of carbonyl (C=O) groups excluding carboxylic acids is 2. The van der Waals surface area contributed by atoms with E-state index in [1.54, 1.807) is 6.92 Å². The predicted molar refractivity (Wildman–Crippen MR) is 63.8 cm³/mol. The maximum atomic E-state index is 11.6. The van der Waals surface area contributed by atoms with Crippen molar-refractivity contribution in [3.05, 3.63) is 0 Å². The zero-order valence-corrected chi connectivity index (χ0v) is 10.4. The Hall–Kier alpha value is -1.10. The Kier molecular flexibility index (Phi) is 6.72.